The van der Waals surface area contributed by atoms with E-state index in [0.717, 1.165) is 39.7 Å². The second kappa shape index (κ2) is 18.1. The van der Waals surface area contributed by atoms with E-state index in [0.29, 0.717) is 0 Å². The van der Waals surface area contributed by atoms with Gasteiger partial charge in [0.05, 0.1) is 11.4 Å². The molecule has 0 atom stereocenters. The third-order valence-corrected chi connectivity index (χ3v) is 14.9. The fourth-order valence-corrected chi connectivity index (χ4v) is 11.7. The molecule has 0 heterocycles. The average Bonchev–Trinajstić information content (AvgIpc) is 3.54. The normalized spacial score (nSPS) is 11.5. The minimum Gasteiger partial charge on any atom is -0.310 e. The van der Waals surface area contributed by atoms with E-state index < -0.39 is 0 Å². The highest BCUT2D eigenvalue weighted by atomic mass is 15.1. The molecule has 0 spiro atoms. The van der Waals surface area contributed by atoms with Crippen molar-refractivity contribution in [2.75, 3.05) is 9.80 Å². The van der Waals surface area contributed by atoms with Crippen LogP contribution < -0.4 is 9.80 Å². The largest absolute Gasteiger partial charge is 0.310 e. The van der Waals surface area contributed by atoms with E-state index in [9.17, 15) is 0 Å². The number of fused-ring (bicyclic) bond motifs is 9. The van der Waals surface area contributed by atoms with Crippen molar-refractivity contribution >= 4 is 98.8 Å². The van der Waals surface area contributed by atoms with Gasteiger partial charge in [0.15, 0.2) is 0 Å². The molecule has 0 saturated heterocycles. The molecule has 2 nitrogen and oxygen atoms in total. The molecule has 346 valence electrons. The van der Waals surface area contributed by atoms with Crippen molar-refractivity contribution < 1.29 is 0 Å². The number of para-hydroxylation sites is 2. The van der Waals surface area contributed by atoms with Gasteiger partial charge in [-0.1, -0.05) is 231 Å². The molecule has 0 N–H and O–H groups in total. The Labute approximate surface area is 430 Å². The summed E-state index contributed by atoms with van der Waals surface area (Å²) in [5, 5.41) is 14.7. The predicted octanol–water partition coefficient (Wildman–Crippen LogP) is 20.5. The molecule has 14 aromatic rings. The van der Waals surface area contributed by atoms with Crippen LogP contribution in [0.5, 0.6) is 0 Å². The van der Waals surface area contributed by atoms with Gasteiger partial charge in [0.25, 0.3) is 0 Å². The average molecular weight is 941 g/mol. The van der Waals surface area contributed by atoms with Crippen LogP contribution in [0.15, 0.2) is 291 Å². The summed E-state index contributed by atoms with van der Waals surface area (Å²) < 4.78 is 0. The van der Waals surface area contributed by atoms with Gasteiger partial charge in [-0.15, -0.1) is 0 Å². The van der Waals surface area contributed by atoms with E-state index in [1.165, 1.54) is 92.5 Å². The first-order valence-electron chi connectivity index (χ1n) is 25.5. The molecule has 0 aliphatic rings. The first-order valence-corrected chi connectivity index (χ1v) is 25.5. The Balaban J connectivity index is 1.02. The fourth-order valence-electron chi connectivity index (χ4n) is 11.7. The zero-order valence-electron chi connectivity index (χ0n) is 40.6. The highest BCUT2D eigenvalue weighted by Crippen LogP contribution is 2.51. The highest BCUT2D eigenvalue weighted by Gasteiger charge is 2.24. The van der Waals surface area contributed by atoms with Crippen LogP contribution in [0.1, 0.15) is 0 Å². The maximum Gasteiger partial charge on any atom is 0.0540 e. The topological polar surface area (TPSA) is 6.48 Å². The summed E-state index contributed by atoms with van der Waals surface area (Å²) in [7, 11) is 0. The summed E-state index contributed by atoms with van der Waals surface area (Å²) in [5.41, 5.74) is 13.8. The van der Waals surface area contributed by atoms with Gasteiger partial charge in [-0.3, -0.25) is 0 Å². The minimum absolute atomic E-state index is 1.09. The Bertz CT molecular complexity index is 4420. The molecule has 0 aliphatic heterocycles. The Hall–Kier alpha value is -9.76. The molecule has 14 rings (SSSR count). The van der Waals surface area contributed by atoms with E-state index in [2.05, 4.69) is 301 Å². The zero-order valence-corrected chi connectivity index (χ0v) is 40.6. The van der Waals surface area contributed by atoms with Crippen LogP contribution >= 0.6 is 0 Å². The summed E-state index contributed by atoms with van der Waals surface area (Å²) in [5.74, 6) is 0. The van der Waals surface area contributed by atoms with Crippen LogP contribution in [0.3, 0.4) is 0 Å². The number of anilines is 6. The maximum atomic E-state index is 2.45. The summed E-state index contributed by atoms with van der Waals surface area (Å²) in [6.45, 7) is 0. The summed E-state index contributed by atoms with van der Waals surface area (Å²) in [4.78, 5) is 4.84. The first kappa shape index (κ1) is 43.1. The van der Waals surface area contributed by atoms with E-state index in [4.69, 9.17) is 0 Å². The van der Waals surface area contributed by atoms with Gasteiger partial charge < -0.3 is 9.80 Å². The smallest absolute Gasteiger partial charge is 0.0540 e. The van der Waals surface area contributed by atoms with Crippen LogP contribution in [0.2, 0.25) is 0 Å². The Morgan fingerprint density at radius 2 is 0.635 bits per heavy atom. The Morgan fingerprint density at radius 3 is 1.34 bits per heavy atom. The number of benzene rings is 14. The summed E-state index contributed by atoms with van der Waals surface area (Å²) in [6.07, 6.45) is 0. The zero-order chi connectivity index (χ0) is 49.0. The maximum absolute atomic E-state index is 2.45. The monoisotopic (exact) mass is 940 g/mol. The molecule has 0 radical (unpaired) electrons. The van der Waals surface area contributed by atoms with E-state index in [1.54, 1.807) is 0 Å². The van der Waals surface area contributed by atoms with Crippen molar-refractivity contribution in [2.24, 2.45) is 0 Å². The second-order valence-corrected chi connectivity index (χ2v) is 19.2. The lowest BCUT2D eigenvalue weighted by atomic mass is 9.81. The molecular formula is C72H48N2. The van der Waals surface area contributed by atoms with Crippen molar-refractivity contribution in [1.82, 2.24) is 0 Å². The van der Waals surface area contributed by atoms with Gasteiger partial charge in [0.1, 0.15) is 0 Å². The van der Waals surface area contributed by atoms with E-state index >= 15 is 0 Å². The Morgan fingerprint density at radius 1 is 0.203 bits per heavy atom. The minimum atomic E-state index is 1.09. The van der Waals surface area contributed by atoms with Crippen LogP contribution in [0, 0.1) is 0 Å². The standard InChI is InChI=1S/C72H48N2/c1-3-22-50(23-4-1)59-32-17-18-39-67(59)73(55-28-5-2-6-29-55)56-44-42-52(43-45-56)69-65-37-15-16-38-66(65)70(72-64-36-14-12-34-62(64)61-33-11-13-35-63(61)71(69)72)54-27-19-30-57(48-54)74(58-46-41-49-21-7-8-25-53(49)47-58)68-40-20-26-51-24-9-10-31-60(51)68/h1-48H. The van der Waals surface area contributed by atoms with Crippen molar-refractivity contribution in [1.29, 1.82) is 0 Å². The summed E-state index contributed by atoms with van der Waals surface area (Å²) in [6, 6.07) is 107. The lowest BCUT2D eigenvalue weighted by molar-refractivity contribution is 1.28. The van der Waals surface area contributed by atoms with Gasteiger partial charge >= 0.3 is 0 Å². The third kappa shape index (κ3) is 7.27. The van der Waals surface area contributed by atoms with Crippen LogP contribution in [0.4, 0.5) is 34.1 Å². The van der Waals surface area contributed by atoms with E-state index in [-0.39, 0.29) is 0 Å². The van der Waals surface area contributed by atoms with Crippen molar-refractivity contribution in [3.63, 3.8) is 0 Å². The molecule has 74 heavy (non-hydrogen) atoms. The van der Waals surface area contributed by atoms with Gasteiger partial charge in [-0.05, 0) is 148 Å². The molecule has 0 aliphatic carbocycles. The Kier molecular flexibility index (Phi) is 10.6. The number of hydrogen-bond donors (Lipinski definition) is 0. The number of nitrogens with zero attached hydrogens (tertiary/aromatic N) is 2. The van der Waals surface area contributed by atoms with Crippen molar-refractivity contribution in [3.05, 3.63) is 291 Å². The van der Waals surface area contributed by atoms with Crippen molar-refractivity contribution in [3.8, 4) is 33.4 Å². The molecular weight excluding hydrogens is 893 g/mol. The molecule has 0 saturated carbocycles. The van der Waals surface area contributed by atoms with Crippen LogP contribution in [-0.2, 0) is 0 Å². The molecule has 2 heteroatoms. The second-order valence-electron chi connectivity index (χ2n) is 19.2. The first-order chi connectivity index (χ1) is 36.7. The molecule has 0 amide bonds. The highest BCUT2D eigenvalue weighted by molar-refractivity contribution is 6.36. The fraction of sp³-hybridized carbons (Fsp3) is 0. The molecule has 0 fully saturated rings. The molecule has 0 unspecified atom stereocenters. The van der Waals surface area contributed by atoms with E-state index in [1.807, 2.05) is 0 Å². The van der Waals surface area contributed by atoms with Crippen LogP contribution in [-0.4, -0.2) is 0 Å². The molecule has 0 aromatic heterocycles. The van der Waals surface area contributed by atoms with Gasteiger partial charge in [-0.25, -0.2) is 0 Å². The lowest BCUT2D eigenvalue weighted by Gasteiger charge is -2.28. The molecule has 14 aromatic carbocycles. The van der Waals surface area contributed by atoms with Crippen molar-refractivity contribution in [2.45, 2.75) is 0 Å². The quantitative estimate of drug-likeness (QED) is 0.105. The lowest BCUT2D eigenvalue weighted by Crippen LogP contribution is -2.11. The van der Waals surface area contributed by atoms with Gasteiger partial charge in [0.2, 0.25) is 0 Å². The summed E-state index contributed by atoms with van der Waals surface area (Å²) >= 11 is 0. The SMILES string of the molecule is c1ccc(-c2ccccc2N(c2ccccc2)c2ccc(-c3c4ccccc4c(-c4cccc(N(c5ccc6ccccc6c5)c5cccc6ccccc56)c4)c4c5ccccc5c5ccccc5c34)cc2)cc1. The van der Waals surface area contributed by atoms with Gasteiger partial charge in [-0.2, -0.15) is 0 Å². The van der Waals surface area contributed by atoms with Crippen LogP contribution in [0.25, 0.3) is 98.0 Å². The van der Waals surface area contributed by atoms with Gasteiger partial charge in [0, 0.05) is 33.7 Å². The number of rotatable bonds is 9. The number of hydrogen-bond acceptors (Lipinski definition) is 2. The predicted molar refractivity (Wildman–Crippen MR) is 317 cm³/mol. The molecule has 0 bridgehead atoms. The third-order valence-electron chi connectivity index (χ3n) is 14.9.